The van der Waals surface area contributed by atoms with Gasteiger partial charge in [0, 0.05) is 5.69 Å². The topological polar surface area (TPSA) is 90.4 Å². The van der Waals surface area contributed by atoms with Crippen molar-refractivity contribution in [1.82, 2.24) is 10.4 Å². The first-order chi connectivity index (χ1) is 9.63. The van der Waals surface area contributed by atoms with E-state index in [1.54, 1.807) is 12.1 Å². The van der Waals surface area contributed by atoms with Gasteiger partial charge in [-0.05, 0) is 37.6 Å². The molecule has 0 radical (unpaired) electrons. The van der Waals surface area contributed by atoms with Crippen LogP contribution < -0.4 is 16.0 Å². The average Bonchev–Trinajstić information content (AvgIpc) is 2.93. The average molecular weight is 275 g/mol. The number of pyridine rings is 1. The number of ether oxygens (including phenoxy) is 1. The number of nitrogens with zero attached hydrogens (tertiary/aromatic N) is 1. The SMILES string of the molecule is CCc1nc(C)ccc1OCc1ccc(C(=O)NN)o1. The summed E-state index contributed by atoms with van der Waals surface area (Å²) in [6.07, 6.45) is 0.788. The Labute approximate surface area is 116 Å². The fraction of sp³-hybridized carbons (Fsp3) is 0.286. The zero-order valence-electron chi connectivity index (χ0n) is 11.5. The maximum Gasteiger partial charge on any atom is 0.300 e. The number of hydrogen-bond donors (Lipinski definition) is 2. The Bertz CT molecular complexity index is 607. The van der Waals surface area contributed by atoms with Crippen molar-refractivity contribution in [2.75, 3.05) is 0 Å². The maximum absolute atomic E-state index is 11.3. The van der Waals surface area contributed by atoms with E-state index in [1.807, 2.05) is 31.4 Å². The minimum Gasteiger partial charge on any atom is -0.484 e. The summed E-state index contributed by atoms with van der Waals surface area (Å²) >= 11 is 0. The molecule has 0 saturated carbocycles. The molecule has 2 aromatic heterocycles. The lowest BCUT2D eigenvalue weighted by Crippen LogP contribution is -2.29. The van der Waals surface area contributed by atoms with Gasteiger partial charge in [-0.2, -0.15) is 0 Å². The smallest absolute Gasteiger partial charge is 0.300 e. The maximum atomic E-state index is 11.3. The van der Waals surface area contributed by atoms with Gasteiger partial charge in [0.25, 0.3) is 0 Å². The third-order valence-corrected chi connectivity index (χ3v) is 2.79. The molecule has 0 fully saturated rings. The highest BCUT2D eigenvalue weighted by molar-refractivity contribution is 5.90. The van der Waals surface area contributed by atoms with Gasteiger partial charge in [0.05, 0.1) is 5.69 Å². The van der Waals surface area contributed by atoms with Crippen LogP contribution in [0.25, 0.3) is 0 Å². The van der Waals surface area contributed by atoms with Crippen LogP contribution in [0.4, 0.5) is 0 Å². The van der Waals surface area contributed by atoms with Crippen molar-refractivity contribution >= 4 is 5.91 Å². The molecule has 0 aliphatic heterocycles. The normalized spacial score (nSPS) is 10.3. The third kappa shape index (κ3) is 3.16. The number of furan rings is 1. The molecule has 0 aliphatic carbocycles. The zero-order chi connectivity index (χ0) is 14.5. The minimum atomic E-state index is -0.470. The van der Waals surface area contributed by atoms with E-state index in [4.69, 9.17) is 15.0 Å². The van der Waals surface area contributed by atoms with Crippen LogP contribution in [0.15, 0.2) is 28.7 Å². The summed E-state index contributed by atoms with van der Waals surface area (Å²) in [5, 5.41) is 0. The van der Waals surface area contributed by atoms with E-state index < -0.39 is 5.91 Å². The number of hydrazine groups is 1. The van der Waals surface area contributed by atoms with Crippen LogP contribution in [0, 0.1) is 6.92 Å². The predicted octanol–water partition coefficient (Wildman–Crippen LogP) is 1.73. The highest BCUT2D eigenvalue weighted by atomic mass is 16.5. The second kappa shape index (κ2) is 6.21. The standard InChI is InChI=1S/C14H17N3O3/c1-3-11-12(6-4-9(2)16-11)19-8-10-5-7-13(20-10)14(18)17-15/h4-7H,3,8,15H2,1-2H3,(H,17,18). The summed E-state index contributed by atoms with van der Waals surface area (Å²) in [5.74, 6) is 5.99. The van der Waals surface area contributed by atoms with Crippen molar-refractivity contribution in [3.8, 4) is 5.75 Å². The van der Waals surface area contributed by atoms with Crippen molar-refractivity contribution < 1.29 is 13.9 Å². The highest BCUT2D eigenvalue weighted by Crippen LogP contribution is 2.19. The molecule has 6 nitrogen and oxygen atoms in total. The molecule has 0 aliphatic rings. The molecule has 0 atom stereocenters. The zero-order valence-corrected chi connectivity index (χ0v) is 11.5. The first kappa shape index (κ1) is 14.1. The molecule has 20 heavy (non-hydrogen) atoms. The van der Waals surface area contributed by atoms with Gasteiger partial charge in [-0.3, -0.25) is 15.2 Å². The molecule has 2 rings (SSSR count). The molecule has 106 valence electrons. The number of nitrogen functional groups attached to an aromatic ring is 1. The number of nitrogens with one attached hydrogen (secondary N) is 1. The van der Waals surface area contributed by atoms with Gasteiger partial charge in [0.2, 0.25) is 0 Å². The van der Waals surface area contributed by atoms with E-state index in [0.717, 1.165) is 23.6 Å². The van der Waals surface area contributed by atoms with E-state index >= 15 is 0 Å². The molecular weight excluding hydrogens is 258 g/mol. The highest BCUT2D eigenvalue weighted by Gasteiger charge is 2.11. The molecule has 2 heterocycles. The molecule has 0 unspecified atom stereocenters. The van der Waals surface area contributed by atoms with Gasteiger partial charge in [-0.1, -0.05) is 6.92 Å². The fourth-order valence-electron chi connectivity index (χ4n) is 1.78. The second-order valence-electron chi connectivity index (χ2n) is 4.28. The summed E-state index contributed by atoms with van der Waals surface area (Å²) < 4.78 is 11.0. The van der Waals surface area contributed by atoms with Crippen molar-refractivity contribution in [3.63, 3.8) is 0 Å². The third-order valence-electron chi connectivity index (χ3n) is 2.79. The van der Waals surface area contributed by atoms with Gasteiger partial charge in [-0.15, -0.1) is 0 Å². The molecule has 1 amide bonds. The number of nitrogens with two attached hydrogens (primary N) is 1. The monoisotopic (exact) mass is 275 g/mol. The second-order valence-corrected chi connectivity index (χ2v) is 4.28. The van der Waals surface area contributed by atoms with Crippen LogP contribution in [0.2, 0.25) is 0 Å². The van der Waals surface area contributed by atoms with Crippen LogP contribution in [-0.4, -0.2) is 10.9 Å². The quantitative estimate of drug-likeness (QED) is 0.492. The molecule has 0 spiro atoms. The number of aryl methyl sites for hydroxylation is 2. The molecule has 6 heteroatoms. The van der Waals surface area contributed by atoms with Crippen molar-refractivity contribution in [2.24, 2.45) is 5.84 Å². The summed E-state index contributed by atoms with van der Waals surface area (Å²) in [7, 11) is 0. The van der Waals surface area contributed by atoms with E-state index in [-0.39, 0.29) is 12.4 Å². The van der Waals surface area contributed by atoms with Crippen LogP contribution in [0.5, 0.6) is 5.75 Å². The summed E-state index contributed by atoms with van der Waals surface area (Å²) in [5.41, 5.74) is 3.86. The number of amides is 1. The first-order valence-corrected chi connectivity index (χ1v) is 6.33. The number of carbonyl (C=O) groups excluding carboxylic acids is 1. The fourth-order valence-corrected chi connectivity index (χ4v) is 1.78. The van der Waals surface area contributed by atoms with Crippen LogP contribution in [0.3, 0.4) is 0 Å². The van der Waals surface area contributed by atoms with Crippen LogP contribution >= 0.6 is 0 Å². The van der Waals surface area contributed by atoms with Crippen molar-refractivity contribution in [3.05, 3.63) is 47.2 Å². The number of rotatable bonds is 5. The van der Waals surface area contributed by atoms with Gasteiger partial charge in [-0.25, -0.2) is 5.84 Å². The minimum absolute atomic E-state index is 0.156. The summed E-state index contributed by atoms with van der Waals surface area (Å²) in [6.45, 7) is 4.19. The van der Waals surface area contributed by atoms with Gasteiger partial charge in [0.15, 0.2) is 5.76 Å². The van der Waals surface area contributed by atoms with E-state index in [0.29, 0.717) is 5.76 Å². The van der Waals surface area contributed by atoms with Gasteiger partial charge >= 0.3 is 5.91 Å². The Kier molecular flexibility index (Phi) is 4.37. The van der Waals surface area contributed by atoms with Crippen molar-refractivity contribution in [2.45, 2.75) is 26.9 Å². The molecule has 0 bridgehead atoms. The molecule has 0 saturated heterocycles. The van der Waals surface area contributed by atoms with Crippen LogP contribution in [-0.2, 0) is 13.0 Å². The van der Waals surface area contributed by atoms with Crippen molar-refractivity contribution in [1.29, 1.82) is 0 Å². The lowest BCUT2D eigenvalue weighted by atomic mass is 10.2. The van der Waals surface area contributed by atoms with E-state index in [9.17, 15) is 4.79 Å². The summed E-state index contributed by atoms with van der Waals surface area (Å²) in [6, 6.07) is 7.01. The Morgan fingerprint density at radius 1 is 1.40 bits per heavy atom. The van der Waals surface area contributed by atoms with E-state index in [1.165, 1.54) is 0 Å². The van der Waals surface area contributed by atoms with Crippen LogP contribution in [0.1, 0.15) is 34.6 Å². The first-order valence-electron chi connectivity index (χ1n) is 6.33. The number of hydrogen-bond acceptors (Lipinski definition) is 5. The summed E-state index contributed by atoms with van der Waals surface area (Å²) in [4.78, 5) is 15.7. The Hall–Kier alpha value is -2.34. The van der Waals surface area contributed by atoms with Gasteiger partial charge in [0.1, 0.15) is 18.1 Å². The Balaban J connectivity index is 2.05. The lowest BCUT2D eigenvalue weighted by molar-refractivity contribution is 0.0922. The molecule has 2 aromatic rings. The lowest BCUT2D eigenvalue weighted by Gasteiger charge is -2.09. The number of aromatic nitrogens is 1. The number of carbonyl (C=O) groups is 1. The molecule has 3 N–H and O–H groups in total. The predicted molar refractivity (Wildman–Crippen MR) is 73.0 cm³/mol. The Morgan fingerprint density at radius 2 is 2.20 bits per heavy atom. The van der Waals surface area contributed by atoms with Gasteiger partial charge < -0.3 is 9.15 Å². The molecular formula is C14H17N3O3. The molecule has 0 aromatic carbocycles. The van der Waals surface area contributed by atoms with E-state index in [2.05, 4.69) is 4.98 Å². The largest absolute Gasteiger partial charge is 0.484 e. The Morgan fingerprint density at radius 3 is 2.90 bits per heavy atom.